The number of imidazole rings is 5. The number of H-pyrrole nitrogens is 4. The van der Waals surface area contributed by atoms with Crippen molar-refractivity contribution in [2.24, 2.45) is 18.9 Å². The number of carbonyl (C=O) groups excluding carboxylic acids is 8. The van der Waals surface area contributed by atoms with Crippen LogP contribution < -0.4 is 42.5 Å². The number of carbonyl (C=O) groups is 8. The molecule has 4 aromatic carbocycles. The number of hydrogen-bond donors (Lipinski definition) is 12. The standard InChI is InChI=1S/C20H19N7O2.C20H23N5O2.C19H19N5O2.C17H18N6O2/c1-3-22-20(29)26-19-24-15-10-13(12-5-4-6-21-11-12)9-14(16(15)25-19)17(28)18-23-7-8-27(18)2;1-4-22-20(27)25-19-23-16-10-14(13-6-5-7-21-11-13)9-15(18(16)24-19)17(26)8-12(2)3;1-2-21-19(26)24-18-22-15-9-13(12-4-3-7-20-10-12)8-14(16(15)23-18)17(25)11-5-6-11;1-3-14(24)12-5-10(11-7-18-9-19-8-11)6-13-15(12)22-16(21-13)23-17(25)20-4-2/h4-11H,3H2,1-2H3,(H3,22,24,25,26,29);5-7,9-12H,4,8H2,1-3H3,(H3,22,23,24,25,27);3-4,7-11H,2,5-6H2,1H3,(H3,21,22,23,24,26);5-9H,3-4H2,1-2H3,(H3,20,21,22,23,25). The molecule has 0 atom stereocenters. The minimum atomic E-state index is -0.379. The summed E-state index contributed by atoms with van der Waals surface area (Å²) >= 11 is 0. The second-order valence-electron chi connectivity index (χ2n) is 24.9. The molecule has 107 heavy (non-hydrogen) atoms. The van der Waals surface area contributed by atoms with Crippen LogP contribution in [0.2, 0.25) is 0 Å². The predicted octanol–water partition coefficient (Wildman–Crippen LogP) is 12.8. The topological polar surface area (TPSA) is 430 Å². The van der Waals surface area contributed by atoms with Crippen LogP contribution in [0.3, 0.4) is 0 Å². The highest BCUT2D eigenvalue weighted by Crippen LogP contribution is 2.37. The first-order chi connectivity index (χ1) is 51.8. The third-order valence-electron chi connectivity index (χ3n) is 16.5. The van der Waals surface area contributed by atoms with Gasteiger partial charge in [0, 0.05) is 153 Å². The van der Waals surface area contributed by atoms with E-state index in [4.69, 9.17) is 0 Å². The van der Waals surface area contributed by atoms with Gasteiger partial charge in [0.15, 0.2) is 23.2 Å². The van der Waals surface area contributed by atoms with Gasteiger partial charge in [-0.25, -0.2) is 54.1 Å². The van der Waals surface area contributed by atoms with Crippen LogP contribution in [0.5, 0.6) is 0 Å². The number of pyridine rings is 3. The molecule has 546 valence electrons. The number of aromatic amines is 4. The summed E-state index contributed by atoms with van der Waals surface area (Å²) in [6.07, 6.45) is 21.1. The van der Waals surface area contributed by atoms with Crippen molar-refractivity contribution in [1.82, 2.24) is 95.6 Å². The fourth-order valence-electron chi connectivity index (χ4n) is 11.4. The molecule has 8 amide bonds. The summed E-state index contributed by atoms with van der Waals surface area (Å²) in [7, 11) is 1.76. The van der Waals surface area contributed by atoms with Crippen molar-refractivity contribution < 1.29 is 38.4 Å². The lowest BCUT2D eigenvalue weighted by molar-refractivity contribution is 0.0961. The molecule has 13 aromatic rings. The van der Waals surface area contributed by atoms with Crippen molar-refractivity contribution in [1.29, 1.82) is 0 Å². The molecule has 1 aliphatic carbocycles. The summed E-state index contributed by atoms with van der Waals surface area (Å²) in [6.45, 7) is 15.1. The SMILES string of the molecule is CCNC(=O)Nc1nc2c(C(=O)C3CC3)cc(-c3cccnc3)cc2[nH]1.CCNC(=O)Nc1nc2c(C(=O)CC(C)C)cc(-c3cccnc3)cc2[nH]1.CCNC(=O)Nc1nc2c(C(=O)CC)cc(-c3cncnc3)cc2[nH]1.CCNC(=O)Nc1nc2c(C(=O)c3nccn3C)cc(-c3cccnc3)cc2[nH]1. The van der Waals surface area contributed by atoms with Crippen LogP contribution in [0.1, 0.15) is 121 Å². The first-order valence-electron chi connectivity index (χ1n) is 34.8. The Morgan fingerprint density at radius 1 is 0.439 bits per heavy atom. The number of anilines is 4. The Morgan fingerprint density at radius 2 is 0.794 bits per heavy atom. The van der Waals surface area contributed by atoms with Crippen molar-refractivity contribution in [2.45, 2.75) is 74.1 Å². The quantitative estimate of drug-likeness (QED) is 0.0297. The third kappa shape index (κ3) is 18.6. The van der Waals surface area contributed by atoms with Crippen molar-refractivity contribution in [3.63, 3.8) is 0 Å². The van der Waals surface area contributed by atoms with E-state index in [1.54, 1.807) is 92.6 Å². The Hall–Kier alpha value is -13.7. The number of Topliss-reactive ketones (excluding diaryl/α,β-unsaturated/α-hetero) is 3. The van der Waals surface area contributed by atoms with Crippen molar-refractivity contribution in [3.8, 4) is 44.5 Å². The lowest BCUT2D eigenvalue weighted by Gasteiger charge is -2.08. The molecule has 9 aromatic heterocycles. The number of fused-ring (bicyclic) bond motifs is 4. The molecule has 0 radical (unpaired) electrons. The van der Waals surface area contributed by atoms with Crippen LogP contribution in [-0.4, -0.2) is 148 Å². The highest BCUT2D eigenvalue weighted by Gasteiger charge is 2.33. The molecule has 0 aliphatic heterocycles. The Balaban J connectivity index is 0.000000142. The lowest BCUT2D eigenvalue weighted by atomic mass is 9.96. The van der Waals surface area contributed by atoms with Crippen molar-refractivity contribution in [3.05, 3.63) is 181 Å². The summed E-state index contributed by atoms with van der Waals surface area (Å²) in [5.74, 6) is 1.63. The first-order valence-corrected chi connectivity index (χ1v) is 34.8. The summed E-state index contributed by atoms with van der Waals surface area (Å²) < 4.78 is 1.66. The number of hydrogen-bond acceptors (Lipinski definition) is 18. The molecular weight excluding hydrogens is 1360 g/mol. The van der Waals surface area contributed by atoms with Gasteiger partial charge >= 0.3 is 24.1 Å². The number of benzene rings is 4. The van der Waals surface area contributed by atoms with Crippen LogP contribution in [0.15, 0.2) is 153 Å². The normalized spacial score (nSPS) is 11.5. The number of ketones is 4. The molecule has 12 N–H and O–H groups in total. The molecule has 1 fully saturated rings. The van der Waals surface area contributed by atoms with E-state index >= 15 is 0 Å². The third-order valence-corrected chi connectivity index (χ3v) is 16.5. The van der Waals surface area contributed by atoms with E-state index in [0.717, 1.165) is 57.3 Å². The zero-order valence-electron chi connectivity index (χ0n) is 59.9. The minimum Gasteiger partial charge on any atom is -0.338 e. The highest BCUT2D eigenvalue weighted by molar-refractivity contribution is 6.16. The number of urea groups is 4. The van der Waals surface area contributed by atoms with Gasteiger partial charge in [-0.2, -0.15) is 0 Å². The van der Waals surface area contributed by atoms with Crippen LogP contribution >= 0.6 is 0 Å². The molecule has 31 nitrogen and oxygen atoms in total. The molecule has 1 saturated carbocycles. The fraction of sp³-hybridized carbons (Fsp3) is 0.237. The van der Waals surface area contributed by atoms with E-state index < -0.39 is 0 Å². The molecule has 14 rings (SSSR count). The van der Waals surface area contributed by atoms with Gasteiger partial charge in [0.05, 0.1) is 27.6 Å². The van der Waals surface area contributed by atoms with Gasteiger partial charge in [-0.15, -0.1) is 0 Å². The van der Waals surface area contributed by atoms with Gasteiger partial charge in [0.1, 0.15) is 28.4 Å². The molecule has 0 unspecified atom stereocenters. The van der Waals surface area contributed by atoms with Crippen LogP contribution in [0.25, 0.3) is 88.6 Å². The Kier molecular flexibility index (Phi) is 24.0. The fourth-order valence-corrected chi connectivity index (χ4v) is 11.4. The zero-order valence-corrected chi connectivity index (χ0v) is 59.9. The number of aryl methyl sites for hydroxylation is 1. The molecule has 1 aliphatic rings. The molecule has 31 heteroatoms. The first kappa shape index (κ1) is 74.4. The maximum Gasteiger partial charge on any atom is 0.321 e. The minimum absolute atomic E-state index is 0.0248. The van der Waals surface area contributed by atoms with Crippen LogP contribution in [0, 0.1) is 11.8 Å². The Morgan fingerprint density at radius 3 is 1.14 bits per heavy atom. The second-order valence-corrected chi connectivity index (χ2v) is 24.9. The number of nitrogens with one attached hydrogen (secondary N) is 12. The van der Waals surface area contributed by atoms with Gasteiger partial charge < -0.3 is 45.8 Å². The average molecular weight is 1440 g/mol. The predicted molar refractivity (Wildman–Crippen MR) is 408 cm³/mol. The van der Waals surface area contributed by atoms with Gasteiger partial charge in [-0.1, -0.05) is 39.0 Å². The maximum absolute atomic E-state index is 13.2. The Labute approximate surface area is 612 Å². The molecule has 0 bridgehead atoms. The van der Waals surface area contributed by atoms with E-state index in [1.807, 2.05) is 114 Å². The number of aromatic nitrogens is 15. The summed E-state index contributed by atoms with van der Waals surface area (Å²) in [5, 5.41) is 21.2. The molecular formula is C76H79N23O8. The Bertz CT molecular complexity index is 5380. The van der Waals surface area contributed by atoms with E-state index in [2.05, 4.69) is 112 Å². The van der Waals surface area contributed by atoms with E-state index in [1.165, 1.54) is 6.33 Å². The van der Waals surface area contributed by atoms with Crippen LogP contribution in [-0.2, 0) is 7.05 Å². The average Bonchev–Trinajstić information content (AvgIpc) is 1.56. The summed E-state index contributed by atoms with van der Waals surface area (Å²) in [4.78, 5) is 153. The largest absolute Gasteiger partial charge is 0.338 e. The maximum atomic E-state index is 13.2. The summed E-state index contributed by atoms with van der Waals surface area (Å²) in [5.41, 5.74) is 13.7. The summed E-state index contributed by atoms with van der Waals surface area (Å²) in [6, 6.07) is 24.7. The molecule has 0 saturated heterocycles. The van der Waals surface area contributed by atoms with Gasteiger partial charge in [-0.05, 0) is 135 Å². The van der Waals surface area contributed by atoms with E-state index in [0.29, 0.717) is 123 Å². The van der Waals surface area contributed by atoms with Gasteiger partial charge in [-0.3, -0.25) is 55.4 Å². The molecule has 0 spiro atoms. The lowest BCUT2D eigenvalue weighted by Crippen LogP contribution is -2.28. The van der Waals surface area contributed by atoms with E-state index in [-0.39, 0.29) is 71.0 Å². The van der Waals surface area contributed by atoms with Gasteiger partial charge in [0.2, 0.25) is 29.6 Å². The second kappa shape index (κ2) is 34.5. The van der Waals surface area contributed by atoms with Crippen molar-refractivity contribution in [2.75, 3.05) is 47.4 Å². The zero-order chi connectivity index (χ0) is 75.7. The molecule has 9 heterocycles. The highest BCUT2D eigenvalue weighted by atomic mass is 16.2. The smallest absolute Gasteiger partial charge is 0.321 e. The monoisotopic (exact) mass is 1440 g/mol. The van der Waals surface area contributed by atoms with Crippen molar-refractivity contribution >= 4 is 115 Å². The number of nitrogens with zero attached hydrogens (tertiary/aromatic N) is 11. The number of amides is 8. The van der Waals surface area contributed by atoms with Crippen LogP contribution in [0.4, 0.5) is 43.0 Å². The van der Waals surface area contributed by atoms with Gasteiger partial charge in [0.25, 0.3) is 0 Å². The van der Waals surface area contributed by atoms with E-state index in [9.17, 15) is 38.4 Å². The number of rotatable bonds is 21.